The summed E-state index contributed by atoms with van der Waals surface area (Å²) >= 11 is 5.84. The van der Waals surface area contributed by atoms with Crippen LogP contribution in [-0.2, 0) is 0 Å². The first-order valence-corrected chi connectivity index (χ1v) is 9.84. The summed E-state index contributed by atoms with van der Waals surface area (Å²) < 4.78 is 6.72. The summed E-state index contributed by atoms with van der Waals surface area (Å²) in [5.41, 5.74) is 1.05. The summed E-state index contributed by atoms with van der Waals surface area (Å²) in [5.74, 6) is 4.74. The molecule has 0 radical (unpaired) electrons. The molecule has 0 aliphatic carbocycles. The Balaban J connectivity index is 1.65. The molecule has 0 bridgehead atoms. The van der Waals surface area contributed by atoms with Crippen LogP contribution in [0.2, 0.25) is 0 Å². The summed E-state index contributed by atoms with van der Waals surface area (Å²) in [5, 5.41) is 5.21. The highest BCUT2D eigenvalue weighted by Gasteiger charge is 2.14. The normalized spacial score (nSPS) is 19.1. The molecule has 1 fully saturated rings. The second kappa shape index (κ2) is 6.91. The Kier molecular flexibility index (Phi) is 4.96. The molecule has 1 unspecified atom stereocenters. The van der Waals surface area contributed by atoms with Crippen LogP contribution in [0.5, 0.6) is 5.75 Å². The smallest absolute Gasteiger partial charge is 0.183 e. The van der Waals surface area contributed by atoms with Crippen molar-refractivity contribution < 1.29 is 4.74 Å². The number of rotatable bonds is 5. The maximum atomic E-state index is 5.53. The van der Waals surface area contributed by atoms with E-state index >= 15 is 0 Å². The lowest BCUT2D eigenvalue weighted by molar-refractivity contribution is 0.341. The second-order valence-corrected chi connectivity index (χ2v) is 8.12. The van der Waals surface area contributed by atoms with Crippen molar-refractivity contribution in [1.82, 2.24) is 4.98 Å². The highest BCUT2D eigenvalue weighted by Crippen LogP contribution is 2.30. The van der Waals surface area contributed by atoms with Crippen LogP contribution < -0.4 is 10.1 Å². The average molecular weight is 327 g/mol. The zero-order chi connectivity index (χ0) is 13.8. The number of ether oxygens (including phenoxy) is 1. The molecule has 1 saturated heterocycles. The van der Waals surface area contributed by atoms with E-state index in [0.29, 0.717) is 11.9 Å². The molecule has 20 heavy (non-hydrogen) atoms. The standard InChI is InChI=1S/C14H18N2OS3/c1-2-17-10-3-4-12-13(7-10)20-14(16-12)15-8-11-9-18-5-6-19-11/h3-4,7,11H,2,5-6,8-9H2,1H3,(H,15,16). The number of fused-ring (bicyclic) bond motifs is 1. The first-order valence-electron chi connectivity index (χ1n) is 6.82. The van der Waals surface area contributed by atoms with Crippen molar-refractivity contribution in [3.8, 4) is 5.75 Å². The van der Waals surface area contributed by atoms with Gasteiger partial charge >= 0.3 is 0 Å². The Morgan fingerprint density at radius 1 is 1.40 bits per heavy atom. The van der Waals surface area contributed by atoms with E-state index in [2.05, 4.69) is 39.9 Å². The fraction of sp³-hybridized carbons (Fsp3) is 0.500. The van der Waals surface area contributed by atoms with Gasteiger partial charge in [-0.15, -0.1) is 0 Å². The number of hydrogen-bond donors (Lipinski definition) is 1. The molecule has 0 spiro atoms. The van der Waals surface area contributed by atoms with Crippen molar-refractivity contribution in [2.45, 2.75) is 12.2 Å². The van der Waals surface area contributed by atoms with E-state index in [0.717, 1.165) is 22.9 Å². The quantitative estimate of drug-likeness (QED) is 0.899. The summed E-state index contributed by atoms with van der Waals surface area (Å²) in [6.07, 6.45) is 0. The zero-order valence-corrected chi connectivity index (χ0v) is 13.9. The Morgan fingerprint density at radius 3 is 3.15 bits per heavy atom. The van der Waals surface area contributed by atoms with Gasteiger partial charge in [-0.25, -0.2) is 4.98 Å². The maximum absolute atomic E-state index is 5.53. The van der Waals surface area contributed by atoms with Gasteiger partial charge in [0.25, 0.3) is 0 Å². The van der Waals surface area contributed by atoms with Crippen molar-refractivity contribution >= 4 is 50.2 Å². The molecule has 1 aromatic carbocycles. The molecule has 1 aliphatic heterocycles. The molecular weight excluding hydrogens is 308 g/mol. The number of thiazole rings is 1. The molecule has 0 amide bonds. The van der Waals surface area contributed by atoms with Gasteiger partial charge < -0.3 is 10.1 Å². The fourth-order valence-electron chi connectivity index (χ4n) is 2.09. The van der Waals surface area contributed by atoms with E-state index in [1.54, 1.807) is 11.3 Å². The predicted octanol–water partition coefficient (Wildman–Crippen LogP) is 3.96. The lowest BCUT2D eigenvalue weighted by Crippen LogP contribution is -2.23. The Bertz CT molecular complexity index is 567. The summed E-state index contributed by atoms with van der Waals surface area (Å²) in [4.78, 5) is 4.63. The van der Waals surface area contributed by atoms with E-state index in [1.807, 2.05) is 19.1 Å². The van der Waals surface area contributed by atoms with Gasteiger partial charge in [0.05, 0.1) is 16.8 Å². The molecule has 1 aromatic heterocycles. The van der Waals surface area contributed by atoms with Crippen molar-refractivity contribution in [1.29, 1.82) is 0 Å². The van der Waals surface area contributed by atoms with Crippen molar-refractivity contribution in [2.24, 2.45) is 0 Å². The Labute approximate surface area is 131 Å². The van der Waals surface area contributed by atoms with Crippen LogP contribution in [0.3, 0.4) is 0 Å². The lowest BCUT2D eigenvalue weighted by atomic mass is 10.3. The average Bonchev–Trinajstić information content (AvgIpc) is 2.89. The minimum Gasteiger partial charge on any atom is -0.494 e. The highest BCUT2D eigenvalue weighted by atomic mass is 32.2. The number of thioether (sulfide) groups is 2. The molecule has 1 aliphatic rings. The van der Waals surface area contributed by atoms with Crippen LogP contribution in [0.25, 0.3) is 10.2 Å². The number of nitrogens with zero attached hydrogens (tertiary/aromatic N) is 1. The minimum absolute atomic E-state index is 0.700. The zero-order valence-electron chi connectivity index (χ0n) is 11.4. The maximum Gasteiger partial charge on any atom is 0.183 e. The number of hydrogen-bond acceptors (Lipinski definition) is 6. The molecule has 1 atom stereocenters. The highest BCUT2D eigenvalue weighted by molar-refractivity contribution is 8.06. The third-order valence-corrected chi connectivity index (χ3v) is 6.86. The van der Waals surface area contributed by atoms with Gasteiger partial charge in [-0.1, -0.05) is 11.3 Å². The number of nitrogens with one attached hydrogen (secondary N) is 1. The number of aromatic nitrogens is 1. The number of anilines is 1. The largest absolute Gasteiger partial charge is 0.494 e. The molecule has 108 valence electrons. The van der Waals surface area contributed by atoms with E-state index < -0.39 is 0 Å². The van der Waals surface area contributed by atoms with E-state index in [1.165, 1.54) is 22.0 Å². The van der Waals surface area contributed by atoms with Gasteiger partial charge in [-0.05, 0) is 25.1 Å². The van der Waals surface area contributed by atoms with Gasteiger partial charge in [0.1, 0.15) is 5.75 Å². The Morgan fingerprint density at radius 2 is 2.35 bits per heavy atom. The van der Waals surface area contributed by atoms with E-state index in [9.17, 15) is 0 Å². The molecule has 1 N–H and O–H groups in total. The summed E-state index contributed by atoms with van der Waals surface area (Å²) in [6.45, 7) is 3.71. The molecule has 3 rings (SSSR count). The van der Waals surface area contributed by atoms with Crippen molar-refractivity contribution in [3.05, 3.63) is 18.2 Å². The Hall–Kier alpha value is -0.590. The van der Waals surface area contributed by atoms with Crippen LogP contribution >= 0.6 is 34.9 Å². The molecule has 2 heterocycles. The molecule has 6 heteroatoms. The molecule has 3 nitrogen and oxygen atoms in total. The molecular formula is C14H18N2OS3. The monoisotopic (exact) mass is 326 g/mol. The SMILES string of the molecule is CCOc1ccc2nc(NCC3CSCCS3)sc2c1. The van der Waals surface area contributed by atoms with Crippen LogP contribution in [0.1, 0.15) is 6.92 Å². The van der Waals surface area contributed by atoms with Crippen LogP contribution in [-0.4, -0.2) is 40.6 Å². The van der Waals surface area contributed by atoms with E-state index in [4.69, 9.17) is 4.74 Å². The van der Waals surface area contributed by atoms with E-state index in [-0.39, 0.29) is 0 Å². The summed E-state index contributed by atoms with van der Waals surface area (Å²) in [7, 11) is 0. The second-order valence-electron chi connectivity index (χ2n) is 4.53. The van der Waals surface area contributed by atoms with Crippen LogP contribution in [0.15, 0.2) is 18.2 Å². The minimum atomic E-state index is 0.700. The third-order valence-electron chi connectivity index (χ3n) is 3.04. The number of benzene rings is 1. The third kappa shape index (κ3) is 3.54. The van der Waals surface area contributed by atoms with Gasteiger partial charge in [-0.2, -0.15) is 23.5 Å². The predicted molar refractivity (Wildman–Crippen MR) is 92.8 cm³/mol. The van der Waals surface area contributed by atoms with Crippen LogP contribution in [0.4, 0.5) is 5.13 Å². The first kappa shape index (κ1) is 14.4. The van der Waals surface area contributed by atoms with Crippen molar-refractivity contribution in [2.75, 3.05) is 35.7 Å². The lowest BCUT2D eigenvalue weighted by Gasteiger charge is -2.20. The van der Waals surface area contributed by atoms with Gasteiger partial charge in [0, 0.05) is 29.1 Å². The first-order chi connectivity index (χ1) is 9.85. The van der Waals surface area contributed by atoms with Gasteiger partial charge in [-0.3, -0.25) is 0 Å². The van der Waals surface area contributed by atoms with Crippen molar-refractivity contribution in [3.63, 3.8) is 0 Å². The van der Waals surface area contributed by atoms with Crippen LogP contribution in [0, 0.1) is 0 Å². The molecule has 0 saturated carbocycles. The topological polar surface area (TPSA) is 34.1 Å². The fourth-order valence-corrected chi connectivity index (χ4v) is 5.61. The van der Waals surface area contributed by atoms with Gasteiger partial charge in [0.2, 0.25) is 0 Å². The summed E-state index contributed by atoms with van der Waals surface area (Å²) in [6, 6.07) is 6.10. The molecule has 2 aromatic rings. The van der Waals surface area contributed by atoms with Gasteiger partial charge in [0.15, 0.2) is 5.13 Å².